The van der Waals surface area contributed by atoms with Gasteiger partial charge in [0.1, 0.15) is 0 Å². The Hall–Kier alpha value is -3.72. The molecule has 3 rings (SSSR count). The minimum absolute atomic E-state index is 0.0962. The maximum absolute atomic E-state index is 12.5. The molecule has 0 amide bonds. The largest absolute Gasteiger partial charge is 0.481 e. The first kappa shape index (κ1) is 21.0. The smallest absolute Gasteiger partial charge is 0.377 e. The molecule has 0 spiro atoms. The van der Waals surface area contributed by atoms with E-state index >= 15 is 0 Å². The first-order chi connectivity index (χ1) is 14.4. The zero-order chi connectivity index (χ0) is 21.5. The molecular formula is C21H19N3O5S. The Kier molecular flexibility index (Phi) is 6.76. The summed E-state index contributed by atoms with van der Waals surface area (Å²) >= 11 is 0. The molecule has 1 atom stereocenters. The molecule has 3 N–H and O–H groups in total. The fraction of sp³-hybridized carbons (Fsp3) is 0.0952. The number of carboxylic acid groups (broad SMARTS) is 1. The first-order valence-corrected chi connectivity index (χ1v) is 10.1. The number of nitrogens with two attached hydrogens (primary N) is 1. The van der Waals surface area contributed by atoms with Gasteiger partial charge in [0.15, 0.2) is 11.3 Å². The van der Waals surface area contributed by atoms with Gasteiger partial charge in [-0.15, -0.1) is 0 Å². The van der Waals surface area contributed by atoms with Crippen LogP contribution in [0.15, 0.2) is 93.6 Å². The second-order valence-electron chi connectivity index (χ2n) is 6.14. The van der Waals surface area contributed by atoms with Crippen molar-refractivity contribution in [3.8, 4) is 0 Å². The Bertz CT molecular complexity index is 1010. The number of nitrogens with zero attached hydrogens (tertiary/aromatic N) is 2. The van der Waals surface area contributed by atoms with Crippen LogP contribution in [-0.2, 0) is 29.9 Å². The van der Waals surface area contributed by atoms with Gasteiger partial charge in [0.25, 0.3) is 0 Å². The molecule has 9 heteroatoms. The molecule has 30 heavy (non-hydrogen) atoms. The Balaban J connectivity index is 1.71. The second-order valence-corrected chi connectivity index (χ2v) is 7.57. The van der Waals surface area contributed by atoms with Crippen LogP contribution in [0.5, 0.6) is 0 Å². The van der Waals surface area contributed by atoms with Crippen molar-refractivity contribution in [2.45, 2.75) is 12.5 Å². The van der Waals surface area contributed by atoms with Crippen molar-refractivity contribution in [1.29, 1.82) is 0 Å². The van der Waals surface area contributed by atoms with Crippen molar-refractivity contribution < 1.29 is 24.3 Å². The summed E-state index contributed by atoms with van der Waals surface area (Å²) in [5, 5.41) is 10.4. The first-order valence-electron chi connectivity index (χ1n) is 8.81. The maximum atomic E-state index is 12.5. The molecule has 0 saturated heterocycles. The number of hydrogen-bond acceptors (Lipinski definition) is 7. The molecule has 0 aliphatic carbocycles. The van der Waals surface area contributed by atoms with E-state index in [1.807, 2.05) is 60.7 Å². The minimum Gasteiger partial charge on any atom is -0.481 e. The van der Waals surface area contributed by atoms with Crippen molar-refractivity contribution in [2.24, 2.45) is 15.3 Å². The van der Waals surface area contributed by atoms with Gasteiger partial charge in [-0.2, -0.15) is 0 Å². The van der Waals surface area contributed by atoms with E-state index in [2.05, 4.69) is 16.1 Å². The predicted molar refractivity (Wildman–Crippen MR) is 113 cm³/mol. The molecule has 1 unspecified atom stereocenters. The molecule has 8 nitrogen and oxygen atoms in total. The van der Waals surface area contributed by atoms with Crippen LogP contribution >= 0.6 is 0 Å². The van der Waals surface area contributed by atoms with Gasteiger partial charge < -0.3 is 20.4 Å². The number of rotatable bonds is 8. The van der Waals surface area contributed by atoms with E-state index in [1.54, 1.807) is 0 Å². The molecule has 0 bridgehead atoms. The lowest BCUT2D eigenvalue weighted by molar-refractivity contribution is -0.146. The summed E-state index contributed by atoms with van der Waals surface area (Å²) in [5.74, 6) is -2.15. The molecule has 154 valence electrons. The average Bonchev–Trinajstić information content (AvgIpc) is 3.09. The summed E-state index contributed by atoms with van der Waals surface area (Å²) in [4.78, 5) is 32.3. The molecule has 0 saturated carbocycles. The van der Waals surface area contributed by atoms with Crippen molar-refractivity contribution in [3.63, 3.8) is 0 Å². The predicted octanol–water partition coefficient (Wildman–Crippen LogP) is 3.21. The standard InChI is InChI=1S/C21H19N3O5S/c1-14(29-24-30-13-17(12-18(25)26)23-21(30)22)20(27)28-19(15-8-4-2-5-9-15)16-10-6-3-7-11-16/h2-11,13,19H,1,12H2,(H2,22,23)(H,25,26). The van der Waals surface area contributed by atoms with Gasteiger partial charge in [0.2, 0.25) is 5.76 Å². The zero-order valence-corrected chi connectivity index (χ0v) is 16.6. The van der Waals surface area contributed by atoms with Gasteiger partial charge in [-0.05, 0) is 22.2 Å². The lowest BCUT2D eigenvalue weighted by Gasteiger charge is -2.18. The van der Waals surface area contributed by atoms with E-state index in [0.29, 0.717) is 0 Å². The molecular weight excluding hydrogens is 406 g/mol. The van der Waals surface area contributed by atoms with Crippen molar-refractivity contribution in [2.75, 3.05) is 0 Å². The SMILES string of the molecule is C=C(ON=S1C=C(CC(=O)O)N=C1N)C(=O)OC(c1ccccc1)c1ccccc1. The summed E-state index contributed by atoms with van der Waals surface area (Å²) in [5.41, 5.74) is 7.59. The molecule has 1 aliphatic rings. The van der Waals surface area contributed by atoms with E-state index in [-0.39, 0.29) is 23.0 Å². The molecule has 2 aromatic rings. The van der Waals surface area contributed by atoms with Crippen LogP contribution in [0, 0.1) is 0 Å². The fourth-order valence-corrected chi connectivity index (χ4v) is 3.59. The number of carbonyl (C=O) groups excluding carboxylic acids is 1. The van der Waals surface area contributed by atoms with E-state index in [1.165, 1.54) is 5.41 Å². The summed E-state index contributed by atoms with van der Waals surface area (Å²) < 4.78 is 9.46. The minimum atomic E-state index is -1.10. The lowest BCUT2D eigenvalue weighted by Crippen LogP contribution is -2.16. The average molecular weight is 425 g/mol. The zero-order valence-electron chi connectivity index (χ0n) is 15.8. The van der Waals surface area contributed by atoms with E-state index in [4.69, 9.17) is 20.4 Å². The highest BCUT2D eigenvalue weighted by atomic mass is 32.2. The van der Waals surface area contributed by atoms with Crippen LogP contribution in [0.2, 0.25) is 0 Å². The van der Waals surface area contributed by atoms with Gasteiger partial charge >= 0.3 is 11.9 Å². The monoisotopic (exact) mass is 425 g/mol. The van der Waals surface area contributed by atoms with Crippen LogP contribution in [0.3, 0.4) is 0 Å². The van der Waals surface area contributed by atoms with Gasteiger partial charge in [0, 0.05) is 16.1 Å². The summed E-state index contributed by atoms with van der Waals surface area (Å²) in [6.45, 7) is 3.57. The summed E-state index contributed by atoms with van der Waals surface area (Å²) in [6.07, 6.45) is -0.929. The van der Waals surface area contributed by atoms with Crippen molar-refractivity contribution >= 4 is 27.8 Å². The van der Waals surface area contributed by atoms with Crippen LogP contribution in [0.25, 0.3) is 0 Å². The Morgan fingerprint density at radius 1 is 1.10 bits per heavy atom. The van der Waals surface area contributed by atoms with Gasteiger partial charge in [0.05, 0.1) is 12.1 Å². The van der Waals surface area contributed by atoms with Crippen LogP contribution in [0.1, 0.15) is 23.7 Å². The third-order valence-electron chi connectivity index (χ3n) is 3.93. The number of carboxylic acids is 1. The fourth-order valence-electron chi connectivity index (χ4n) is 2.58. The third kappa shape index (κ3) is 5.42. The molecule has 0 radical (unpaired) electrons. The van der Waals surface area contributed by atoms with Crippen molar-refractivity contribution in [1.82, 2.24) is 0 Å². The molecule has 2 aromatic carbocycles. The van der Waals surface area contributed by atoms with Crippen LogP contribution < -0.4 is 5.73 Å². The number of ether oxygens (including phenoxy) is 1. The quantitative estimate of drug-likeness (QED) is 0.290. The number of hydrogen-bond donors (Lipinski definition) is 2. The number of carbonyl (C=O) groups is 2. The number of aliphatic imine (C=N–C) groups is 1. The van der Waals surface area contributed by atoms with Crippen LogP contribution in [-0.4, -0.2) is 22.2 Å². The number of esters is 1. The molecule has 0 aromatic heterocycles. The van der Waals surface area contributed by atoms with Crippen LogP contribution in [0.4, 0.5) is 0 Å². The third-order valence-corrected chi connectivity index (χ3v) is 5.18. The highest BCUT2D eigenvalue weighted by Crippen LogP contribution is 2.27. The molecule has 1 aliphatic heterocycles. The lowest BCUT2D eigenvalue weighted by atomic mass is 10.0. The Morgan fingerprint density at radius 3 is 2.20 bits per heavy atom. The molecule has 1 heterocycles. The molecule has 0 fully saturated rings. The van der Waals surface area contributed by atoms with Gasteiger partial charge in [-0.1, -0.05) is 60.7 Å². The normalized spacial score (nSPS) is 15.4. The highest BCUT2D eigenvalue weighted by Gasteiger charge is 2.22. The topological polar surface area (TPSA) is 124 Å². The Labute approximate surface area is 175 Å². The van der Waals surface area contributed by atoms with E-state index in [0.717, 1.165) is 11.1 Å². The Morgan fingerprint density at radius 2 is 1.67 bits per heavy atom. The van der Waals surface area contributed by atoms with Crippen molar-refractivity contribution in [3.05, 3.63) is 95.2 Å². The number of aliphatic carboxylic acids is 1. The second kappa shape index (κ2) is 9.66. The van der Waals surface area contributed by atoms with E-state index < -0.39 is 28.7 Å². The number of amidine groups is 1. The summed E-state index contributed by atoms with van der Waals surface area (Å²) in [7, 11) is -1.10. The highest BCUT2D eigenvalue weighted by molar-refractivity contribution is 8.05. The van der Waals surface area contributed by atoms with E-state index in [9.17, 15) is 9.59 Å². The number of benzene rings is 2. The van der Waals surface area contributed by atoms with Gasteiger partial charge in [-0.25, -0.2) is 9.79 Å². The van der Waals surface area contributed by atoms with Gasteiger partial charge in [-0.3, -0.25) is 4.79 Å². The summed E-state index contributed by atoms with van der Waals surface area (Å²) in [6, 6.07) is 18.6. The maximum Gasteiger partial charge on any atom is 0.377 e.